The van der Waals surface area contributed by atoms with Crippen molar-refractivity contribution in [1.29, 1.82) is 0 Å². The minimum absolute atomic E-state index is 0.520. The van der Waals surface area contributed by atoms with Gasteiger partial charge in [0.15, 0.2) is 0 Å². The highest BCUT2D eigenvalue weighted by Crippen LogP contribution is 2.57. The van der Waals surface area contributed by atoms with E-state index in [4.69, 9.17) is 0 Å². The number of nitrogens with zero attached hydrogens (tertiary/aromatic N) is 1. The Morgan fingerprint density at radius 1 is 1.70 bits per heavy atom. The molecule has 0 aliphatic heterocycles. The molecule has 54 valence electrons. The van der Waals surface area contributed by atoms with Crippen LogP contribution in [0.25, 0.3) is 0 Å². The van der Waals surface area contributed by atoms with E-state index in [0.29, 0.717) is 5.41 Å². The van der Waals surface area contributed by atoms with E-state index in [1.807, 2.05) is 6.20 Å². The summed E-state index contributed by atoms with van der Waals surface area (Å²) in [5.41, 5.74) is 1.82. The van der Waals surface area contributed by atoms with Gasteiger partial charge in [-0.15, -0.1) is 0 Å². The van der Waals surface area contributed by atoms with Gasteiger partial charge in [0.25, 0.3) is 0 Å². The molecule has 0 spiro atoms. The molecule has 0 saturated heterocycles. The van der Waals surface area contributed by atoms with Crippen LogP contribution in [-0.2, 0) is 0 Å². The summed E-state index contributed by atoms with van der Waals surface area (Å²) in [6.45, 7) is 4.58. The Bertz CT molecular complexity index is 223. The molecule has 1 N–H and O–H groups in total. The van der Waals surface area contributed by atoms with Crippen molar-refractivity contribution in [2.45, 2.75) is 26.2 Å². The van der Waals surface area contributed by atoms with Gasteiger partial charge in [0.05, 0.1) is 0 Å². The van der Waals surface area contributed by atoms with Gasteiger partial charge in [-0.3, -0.25) is 5.10 Å². The van der Waals surface area contributed by atoms with E-state index in [-0.39, 0.29) is 0 Å². The fraction of sp³-hybridized carbons (Fsp3) is 0.625. The van der Waals surface area contributed by atoms with Gasteiger partial charge >= 0.3 is 0 Å². The summed E-state index contributed by atoms with van der Waals surface area (Å²) >= 11 is 0. The second kappa shape index (κ2) is 1.62. The molecule has 1 saturated carbocycles. The first kappa shape index (κ1) is 5.96. The first-order chi connectivity index (χ1) is 4.70. The molecule has 1 unspecified atom stereocenters. The van der Waals surface area contributed by atoms with E-state index in [1.165, 1.54) is 12.1 Å². The zero-order valence-electron chi connectivity index (χ0n) is 6.39. The maximum Gasteiger partial charge on any atom is 0.0490 e. The highest BCUT2D eigenvalue weighted by molar-refractivity contribution is 5.19. The summed E-state index contributed by atoms with van der Waals surface area (Å²) in [5, 5.41) is 6.93. The van der Waals surface area contributed by atoms with Crippen LogP contribution in [0.1, 0.15) is 31.9 Å². The molecule has 1 aliphatic rings. The molecule has 10 heavy (non-hydrogen) atoms. The highest BCUT2D eigenvalue weighted by atomic mass is 15.1. The normalized spacial score (nSPS) is 28.4. The van der Waals surface area contributed by atoms with Gasteiger partial charge in [-0.25, -0.2) is 0 Å². The molecule has 1 atom stereocenters. The minimum Gasteiger partial charge on any atom is -0.282 e. The van der Waals surface area contributed by atoms with Crippen molar-refractivity contribution in [3.05, 3.63) is 18.0 Å². The predicted octanol–water partition coefficient (Wildman–Crippen LogP) is 1.92. The first-order valence-electron chi connectivity index (χ1n) is 3.69. The molecule has 1 fully saturated rings. The van der Waals surface area contributed by atoms with E-state index in [0.717, 1.165) is 5.92 Å². The van der Waals surface area contributed by atoms with Crippen molar-refractivity contribution in [2.75, 3.05) is 0 Å². The Morgan fingerprint density at radius 3 is 2.80 bits per heavy atom. The number of aromatic amines is 1. The molecule has 1 heterocycles. The number of H-pyrrole nitrogens is 1. The molecule has 2 heteroatoms. The number of rotatable bonds is 1. The van der Waals surface area contributed by atoms with Gasteiger partial charge in [0, 0.05) is 17.8 Å². The quantitative estimate of drug-likeness (QED) is 0.627. The molecule has 0 bridgehead atoms. The molecular weight excluding hydrogens is 124 g/mol. The van der Waals surface area contributed by atoms with Crippen molar-refractivity contribution in [3.8, 4) is 0 Å². The van der Waals surface area contributed by atoms with E-state index < -0.39 is 0 Å². The average Bonchev–Trinajstić information content (AvgIpc) is 2.31. The summed E-state index contributed by atoms with van der Waals surface area (Å²) in [5.74, 6) is 0.731. The monoisotopic (exact) mass is 136 g/mol. The Kier molecular flexibility index (Phi) is 0.967. The number of hydrogen-bond donors (Lipinski definition) is 1. The third kappa shape index (κ3) is 0.753. The van der Waals surface area contributed by atoms with Crippen molar-refractivity contribution in [1.82, 2.24) is 10.2 Å². The first-order valence-corrected chi connectivity index (χ1v) is 3.69. The van der Waals surface area contributed by atoms with Gasteiger partial charge in [-0.05, 0) is 17.9 Å². The van der Waals surface area contributed by atoms with Crippen LogP contribution < -0.4 is 0 Å². The predicted molar refractivity (Wildman–Crippen MR) is 39.7 cm³/mol. The summed E-state index contributed by atoms with van der Waals surface area (Å²) < 4.78 is 0. The lowest BCUT2D eigenvalue weighted by Gasteiger charge is -1.97. The molecule has 2 rings (SSSR count). The second-order valence-electron chi connectivity index (χ2n) is 3.76. The fourth-order valence-electron chi connectivity index (χ4n) is 1.46. The summed E-state index contributed by atoms with van der Waals surface area (Å²) in [4.78, 5) is 0. The van der Waals surface area contributed by atoms with Crippen LogP contribution in [-0.4, -0.2) is 10.2 Å². The smallest absolute Gasteiger partial charge is 0.0490 e. The van der Waals surface area contributed by atoms with E-state index in [2.05, 4.69) is 30.1 Å². The number of nitrogens with one attached hydrogen (secondary N) is 1. The molecule has 1 aliphatic carbocycles. The van der Waals surface area contributed by atoms with Crippen LogP contribution in [0.2, 0.25) is 0 Å². The Morgan fingerprint density at radius 2 is 2.40 bits per heavy atom. The Labute approximate surface area is 60.6 Å². The molecule has 0 radical (unpaired) electrons. The SMILES string of the molecule is CC1(C)CC1c1ccn[nH]1. The lowest BCUT2D eigenvalue weighted by atomic mass is 10.1. The largest absolute Gasteiger partial charge is 0.282 e. The Hall–Kier alpha value is -0.790. The second-order valence-corrected chi connectivity index (χ2v) is 3.76. The number of aromatic nitrogens is 2. The molecule has 2 nitrogen and oxygen atoms in total. The summed E-state index contributed by atoms with van der Waals surface area (Å²) in [6, 6.07) is 2.07. The van der Waals surface area contributed by atoms with Crippen molar-refractivity contribution in [3.63, 3.8) is 0 Å². The highest BCUT2D eigenvalue weighted by Gasteiger charge is 2.47. The van der Waals surface area contributed by atoms with Gasteiger partial charge in [-0.1, -0.05) is 13.8 Å². The average molecular weight is 136 g/mol. The van der Waals surface area contributed by atoms with E-state index >= 15 is 0 Å². The van der Waals surface area contributed by atoms with Crippen LogP contribution in [0.3, 0.4) is 0 Å². The maximum absolute atomic E-state index is 3.92. The lowest BCUT2D eigenvalue weighted by Crippen LogP contribution is -1.89. The van der Waals surface area contributed by atoms with Crippen LogP contribution in [0, 0.1) is 5.41 Å². The van der Waals surface area contributed by atoms with Crippen LogP contribution in [0.4, 0.5) is 0 Å². The van der Waals surface area contributed by atoms with Crippen LogP contribution >= 0.6 is 0 Å². The zero-order valence-corrected chi connectivity index (χ0v) is 6.39. The van der Waals surface area contributed by atoms with Gasteiger partial charge in [0.1, 0.15) is 0 Å². The fourth-order valence-corrected chi connectivity index (χ4v) is 1.46. The van der Waals surface area contributed by atoms with Crippen LogP contribution in [0.5, 0.6) is 0 Å². The molecule has 0 amide bonds. The molecule has 0 aromatic carbocycles. The van der Waals surface area contributed by atoms with Gasteiger partial charge < -0.3 is 0 Å². The van der Waals surface area contributed by atoms with Crippen LogP contribution in [0.15, 0.2) is 12.3 Å². The van der Waals surface area contributed by atoms with Crippen molar-refractivity contribution < 1.29 is 0 Å². The molecule has 1 aromatic heterocycles. The van der Waals surface area contributed by atoms with E-state index in [1.54, 1.807) is 0 Å². The third-order valence-electron chi connectivity index (χ3n) is 2.41. The lowest BCUT2D eigenvalue weighted by molar-refractivity contribution is 0.615. The zero-order chi connectivity index (χ0) is 7.19. The topological polar surface area (TPSA) is 28.7 Å². The standard InChI is InChI=1S/C8H12N2/c1-8(2)5-6(8)7-3-4-9-10-7/h3-4,6H,5H2,1-2H3,(H,9,10). The van der Waals surface area contributed by atoms with Crippen molar-refractivity contribution in [2.24, 2.45) is 5.41 Å². The van der Waals surface area contributed by atoms with Gasteiger partial charge in [0.2, 0.25) is 0 Å². The number of hydrogen-bond acceptors (Lipinski definition) is 1. The van der Waals surface area contributed by atoms with Gasteiger partial charge in [-0.2, -0.15) is 5.10 Å². The maximum atomic E-state index is 3.92. The van der Waals surface area contributed by atoms with E-state index in [9.17, 15) is 0 Å². The third-order valence-corrected chi connectivity index (χ3v) is 2.41. The summed E-state index contributed by atoms with van der Waals surface area (Å²) in [6.07, 6.45) is 3.12. The summed E-state index contributed by atoms with van der Waals surface area (Å²) in [7, 11) is 0. The Balaban J connectivity index is 2.19. The minimum atomic E-state index is 0.520. The van der Waals surface area contributed by atoms with Crippen molar-refractivity contribution >= 4 is 0 Å². The molecular formula is C8H12N2. The molecule has 1 aromatic rings.